The van der Waals surface area contributed by atoms with E-state index in [1.807, 2.05) is 4.90 Å². The minimum Gasteiger partial charge on any atom is -0.491 e. The first kappa shape index (κ1) is 26.9. The molecule has 5 rings (SSSR count). The SMILES string of the molecule is NOCCOc1ccc2oc(C(=O)Nc3ccc(Cl)cn3)c(NC(=O)[C@H]3CC[C@H](N4CCCC4=O)CC3)c2c1. The second kappa shape index (κ2) is 12.0. The Kier molecular flexibility index (Phi) is 8.30. The first-order chi connectivity index (χ1) is 18.9. The van der Waals surface area contributed by atoms with Gasteiger partial charge in [-0.25, -0.2) is 10.9 Å². The van der Waals surface area contributed by atoms with Crippen molar-refractivity contribution in [1.29, 1.82) is 0 Å². The number of carbonyl (C=O) groups excluding carboxylic acids is 3. The zero-order valence-electron chi connectivity index (χ0n) is 21.3. The molecule has 2 aliphatic rings. The number of anilines is 2. The lowest BCUT2D eigenvalue weighted by Crippen LogP contribution is -2.40. The number of rotatable bonds is 9. The first-order valence-electron chi connectivity index (χ1n) is 13.0. The van der Waals surface area contributed by atoms with Crippen molar-refractivity contribution in [3.8, 4) is 5.75 Å². The predicted molar refractivity (Wildman–Crippen MR) is 144 cm³/mol. The standard InChI is InChI=1S/C27H30ClN5O6/c28-17-5-10-22(30-15-17)31-27(36)25-24(20-14-19(37-12-13-38-29)8-9-21(20)39-25)32-26(35)16-3-6-18(7-4-16)33-11-1-2-23(33)34/h5,8-10,14-16,18H,1-4,6-7,11-13,29H2,(H,32,35)(H,30,31,36)/t16-,18-. The van der Waals surface area contributed by atoms with Crippen LogP contribution in [0.4, 0.5) is 11.5 Å². The third kappa shape index (κ3) is 6.16. The van der Waals surface area contributed by atoms with Gasteiger partial charge in [-0.1, -0.05) is 11.6 Å². The van der Waals surface area contributed by atoms with Crippen molar-refractivity contribution < 1.29 is 28.4 Å². The number of halogens is 1. The summed E-state index contributed by atoms with van der Waals surface area (Å²) < 4.78 is 11.6. The highest BCUT2D eigenvalue weighted by Gasteiger charge is 2.34. The Hall–Kier alpha value is -3.67. The van der Waals surface area contributed by atoms with E-state index in [2.05, 4.69) is 20.5 Å². The van der Waals surface area contributed by atoms with Crippen LogP contribution in [0.5, 0.6) is 5.75 Å². The van der Waals surface area contributed by atoms with Gasteiger partial charge in [0, 0.05) is 36.5 Å². The van der Waals surface area contributed by atoms with Crippen LogP contribution < -0.4 is 21.3 Å². The van der Waals surface area contributed by atoms with Crippen molar-refractivity contribution in [2.24, 2.45) is 11.8 Å². The maximum Gasteiger partial charge on any atom is 0.294 e. The number of nitrogens with zero attached hydrogens (tertiary/aromatic N) is 2. The molecule has 1 aromatic carbocycles. The molecule has 39 heavy (non-hydrogen) atoms. The van der Waals surface area contributed by atoms with Crippen molar-refractivity contribution in [2.45, 2.75) is 44.6 Å². The fourth-order valence-corrected chi connectivity index (χ4v) is 5.32. The summed E-state index contributed by atoms with van der Waals surface area (Å²) in [6, 6.07) is 8.40. The van der Waals surface area contributed by atoms with Gasteiger partial charge in [0.2, 0.25) is 17.6 Å². The van der Waals surface area contributed by atoms with E-state index in [-0.39, 0.29) is 54.3 Å². The van der Waals surface area contributed by atoms with Crippen molar-refractivity contribution in [3.05, 3.63) is 47.3 Å². The van der Waals surface area contributed by atoms with Crippen LogP contribution in [-0.4, -0.2) is 53.4 Å². The lowest BCUT2D eigenvalue weighted by Gasteiger charge is -2.34. The highest BCUT2D eigenvalue weighted by atomic mass is 35.5. The number of hydrogen-bond acceptors (Lipinski definition) is 8. The number of carbonyl (C=O) groups is 3. The molecule has 1 aliphatic heterocycles. The van der Waals surface area contributed by atoms with Crippen LogP contribution in [0.1, 0.15) is 49.1 Å². The average Bonchev–Trinajstić information content (AvgIpc) is 3.53. The van der Waals surface area contributed by atoms with Gasteiger partial charge in [0.25, 0.3) is 5.91 Å². The van der Waals surface area contributed by atoms with Crippen LogP contribution in [0.2, 0.25) is 5.02 Å². The van der Waals surface area contributed by atoms with Crippen LogP contribution in [0, 0.1) is 5.92 Å². The molecule has 1 aliphatic carbocycles. The Balaban J connectivity index is 1.36. The molecule has 0 radical (unpaired) electrons. The summed E-state index contributed by atoms with van der Waals surface area (Å²) >= 11 is 5.90. The van der Waals surface area contributed by atoms with Gasteiger partial charge in [0.15, 0.2) is 0 Å². The van der Waals surface area contributed by atoms with Crippen molar-refractivity contribution in [2.75, 3.05) is 30.4 Å². The molecule has 3 amide bonds. The van der Waals surface area contributed by atoms with Crippen LogP contribution in [0.25, 0.3) is 11.0 Å². The van der Waals surface area contributed by atoms with Gasteiger partial charge in [0.1, 0.15) is 36.1 Å². The maximum absolute atomic E-state index is 13.4. The largest absolute Gasteiger partial charge is 0.491 e. The van der Waals surface area contributed by atoms with Gasteiger partial charge in [-0.15, -0.1) is 0 Å². The number of amides is 3. The molecule has 4 N–H and O–H groups in total. The van der Waals surface area contributed by atoms with E-state index in [0.717, 1.165) is 25.8 Å². The number of furan rings is 1. The van der Waals surface area contributed by atoms with Gasteiger partial charge in [-0.05, 0) is 62.4 Å². The molecule has 2 fully saturated rings. The Bertz CT molecular complexity index is 1350. The molecule has 0 atom stereocenters. The molecule has 1 saturated carbocycles. The number of hydrogen-bond donors (Lipinski definition) is 3. The number of pyridine rings is 1. The second-order valence-electron chi connectivity index (χ2n) is 9.68. The first-order valence-corrected chi connectivity index (χ1v) is 13.3. The van der Waals surface area contributed by atoms with Crippen LogP contribution in [-0.2, 0) is 14.4 Å². The predicted octanol–water partition coefficient (Wildman–Crippen LogP) is 4.12. The van der Waals surface area contributed by atoms with Gasteiger partial charge in [-0.3, -0.25) is 14.4 Å². The Labute approximate surface area is 229 Å². The Morgan fingerprint density at radius 1 is 1.13 bits per heavy atom. The third-order valence-corrected chi connectivity index (χ3v) is 7.39. The molecule has 12 heteroatoms. The molecule has 2 aromatic heterocycles. The lowest BCUT2D eigenvalue weighted by atomic mass is 9.84. The Morgan fingerprint density at radius 2 is 1.95 bits per heavy atom. The number of benzene rings is 1. The zero-order chi connectivity index (χ0) is 27.4. The number of nitrogens with one attached hydrogen (secondary N) is 2. The fourth-order valence-electron chi connectivity index (χ4n) is 5.21. The summed E-state index contributed by atoms with van der Waals surface area (Å²) in [6.45, 7) is 1.21. The van der Waals surface area contributed by atoms with E-state index in [4.69, 9.17) is 26.7 Å². The smallest absolute Gasteiger partial charge is 0.294 e. The quantitative estimate of drug-likeness (QED) is 0.264. The molecular weight excluding hydrogens is 526 g/mol. The lowest BCUT2D eigenvalue weighted by molar-refractivity contribution is -0.130. The molecular formula is C27H30ClN5O6. The molecule has 0 unspecified atom stereocenters. The van der Waals surface area contributed by atoms with Crippen LogP contribution >= 0.6 is 11.6 Å². The summed E-state index contributed by atoms with van der Waals surface area (Å²) in [6.07, 6.45) is 5.77. The number of nitrogens with two attached hydrogens (primary N) is 1. The van der Waals surface area contributed by atoms with E-state index < -0.39 is 5.91 Å². The summed E-state index contributed by atoms with van der Waals surface area (Å²) in [4.78, 5) is 49.4. The van der Waals surface area contributed by atoms with Crippen molar-refractivity contribution in [1.82, 2.24) is 9.88 Å². The van der Waals surface area contributed by atoms with E-state index in [9.17, 15) is 14.4 Å². The molecule has 11 nitrogen and oxygen atoms in total. The molecule has 3 heterocycles. The van der Waals surface area contributed by atoms with Gasteiger partial charge in [-0.2, -0.15) is 0 Å². The highest BCUT2D eigenvalue weighted by Crippen LogP contribution is 2.36. The summed E-state index contributed by atoms with van der Waals surface area (Å²) in [5, 5.41) is 6.58. The molecule has 0 spiro atoms. The monoisotopic (exact) mass is 555 g/mol. The minimum atomic E-state index is -0.577. The fraction of sp³-hybridized carbons (Fsp3) is 0.407. The van der Waals surface area contributed by atoms with Gasteiger partial charge >= 0.3 is 0 Å². The minimum absolute atomic E-state index is 0.0612. The topological polar surface area (TPSA) is 149 Å². The zero-order valence-corrected chi connectivity index (χ0v) is 22.0. The number of likely N-dealkylation sites (tertiary alicyclic amines) is 1. The molecule has 3 aromatic rings. The van der Waals surface area contributed by atoms with Gasteiger partial charge < -0.3 is 29.5 Å². The number of fused-ring (bicyclic) bond motifs is 1. The number of ether oxygens (including phenoxy) is 1. The van der Waals surface area contributed by atoms with Crippen LogP contribution in [0.15, 0.2) is 40.9 Å². The third-order valence-electron chi connectivity index (χ3n) is 7.17. The normalized spacial score (nSPS) is 19.3. The second-order valence-corrected chi connectivity index (χ2v) is 10.1. The molecule has 1 saturated heterocycles. The average molecular weight is 556 g/mol. The van der Waals surface area contributed by atoms with E-state index in [1.165, 1.54) is 6.20 Å². The summed E-state index contributed by atoms with van der Waals surface area (Å²) in [5.41, 5.74) is 0.650. The van der Waals surface area contributed by atoms with Crippen molar-refractivity contribution in [3.63, 3.8) is 0 Å². The highest BCUT2D eigenvalue weighted by molar-refractivity contribution is 6.30. The van der Waals surface area contributed by atoms with E-state index in [0.29, 0.717) is 41.0 Å². The van der Waals surface area contributed by atoms with Gasteiger partial charge in [0.05, 0.1) is 5.02 Å². The summed E-state index contributed by atoms with van der Waals surface area (Å²) in [5.74, 6) is 4.96. The molecule has 0 bridgehead atoms. The summed E-state index contributed by atoms with van der Waals surface area (Å²) in [7, 11) is 0. The Morgan fingerprint density at radius 3 is 2.64 bits per heavy atom. The van der Waals surface area contributed by atoms with Crippen LogP contribution in [0.3, 0.4) is 0 Å². The van der Waals surface area contributed by atoms with E-state index in [1.54, 1.807) is 30.3 Å². The maximum atomic E-state index is 13.4. The van der Waals surface area contributed by atoms with E-state index >= 15 is 0 Å². The molecule has 206 valence electrons. The van der Waals surface area contributed by atoms with Crippen molar-refractivity contribution >= 4 is 51.8 Å². The number of aromatic nitrogens is 1.